The second kappa shape index (κ2) is 4.65. The largest absolute Gasteiger partial charge is 0.318 e. The lowest BCUT2D eigenvalue weighted by atomic mass is 10.4. The zero-order chi connectivity index (χ0) is 8.04. The van der Waals surface area contributed by atoms with Crippen LogP contribution in [0.15, 0.2) is 0 Å². The third kappa shape index (κ3) is 4.72. The summed E-state index contributed by atoms with van der Waals surface area (Å²) in [5.74, 6) is 0.181. The molecule has 0 aliphatic carbocycles. The van der Waals surface area contributed by atoms with E-state index < -0.39 is 10.0 Å². The topological polar surface area (TPSA) is 72.2 Å². The summed E-state index contributed by atoms with van der Waals surface area (Å²) in [5.41, 5.74) is 5.00. The zero-order valence-electron chi connectivity index (χ0n) is 6.13. The molecule has 0 saturated heterocycles. The fourth-order valence-corrected chi connectivity index (χ4v) is 1.60. The normalized spacial score (nSPS) is 11.8. The molecule has 0 aromatic rings. The van der Waals surface area contributed by atoms with Gasteiger partial charge in [-0.15, -0.1) is 0 Å². The third-order valence-electron chi connectivity index (χ3n) is 1.07. The second-order valence-electron chi connectivity index (χ2n) is 2.02. The molecular weight excluding hydrogens is 152 g/mol. The van der Waals surface area contributed by atoms with E-state index in [0.29, 0.717) is 6.42 Å². The van der Waals surface area contributed by atoms with Crippen molar-refractivity contribution in [2.45, 2.75) is 19.8 Å². The Morgan fingerprint density at radius 3 is 2.50 bits per heavy atom. The third-order valence-corrected chi connectivity index (χ3v) is 2.50. The highest BCUT2D eigenvalue weighted by molar-refractivity contribution is 7.89. The van der Waals surface area contributed by atoms with Crippen LogP contribution in [0.2, 0.25) is 0 Å². The van der Waals surface area contributed by atoms with Crippen molar-refractivity contribution in [3.05, 3.63) is 0 Å². The highest BCUT2D eigenvalue weighted by Crippen LogP contribution is 1.91. The van der Waals surface area contributed by atoms with Gasteiger partial charge in [0.25, 0.3) is 0 Å². The molecule has 0 fully saturated rings. The Morgan fingerprint density at radius 1 is 1.50 bits per heavy atom. The van der Waals surface area contributed by atoms with Gasteiger partial charge >= 0.3 is 0 Å². The maximum atomic E-state index is 10.8. The predicted molar refractivity (Wildman–Crippen MR) is 40.9 cm³/mol. The highest BCUT2D eigenvalue weighted by Gasteiger charge is 2.05. The fourth-order valence-electron chi connectivity index (χ4n) is 0.533. The molecule has 0 atom stereocenters. The van der Waals surface area contributed by atoms with E-state index in [-0.39, 0.29) is 12.4 Å². The van der Waals surface area contributed by atoms with Crippen molar-refractivity contribution in [2.75, 3.05) is 12.4 Å². The van der Waals surface area contributed by atoms with E-state index in [9.17, 15) is 8.42 Å². The Morgan fingerprint density at radius 2 is 2.10 bits per heavy atom. The van der Waals surface area contributed by atoms with Gasteiger partial charge < -0.3 is 5.73 Å². The summed E-state index contributed by atoms with van der Waals surface area (Å²) in [4.78, 5) is 0. The van der Waals surface area contributed by atoms with Crippen LogP contribution < -0.4 is 10.5 Å². The summed E-state index contributed by atoms with van der Waals surface area (Å²) in [5, 5.41) is 0. The summed E-state index contributed by atoms with van der Waals surface area (Å²) < 4.78 is 23.8. The van der Waals surface area contributed by atoms with Crippen LogP contribution in [-0.4, -0.2) is 20.8 Å². The molecule has 0 unspecified atom stereocenters. The monoisotopic (exact) mass is 166 g/mol. The molecule has 4 nitrogen and oxygen atoms in total. The van der Waals surface area contributed by atoms with Crippen molar-refractivity contribution in [2.24, 2.45) is 5.73 Å². The molecule has 5 heteroatoms. The molecule has 10 heavy (non-hydrogen) atoms. The average molecular weight is 166 g/mol. The zero-order valence-corrected chi connectivity index (χ0v) is 6.95. The van der Waals surface area contributed by atoms with Gasteiger partial charge in [0.05, 0.1) is 12.4 Å². The minimum absolute atomic E-state index is 0.00789. The van der Waals surface area contributed by atoms with Gasteiger partial charge in [0, 0.05) is 0 Å². The molecule has 0 spiro atoms. The van der Waals surface area contributed by atoms with Gasteiger partial charge in [0.1, 0.15) is 0 Å². The molecule has 0 bridgehead atoms. The van der Waals surface area contributed by atoms with Crippen molar-refractivity contribution in [1.82, 2.24) is 4.72 Å². The van der Waals surface area contributed by atoms with Gasteiger partial charge in [-0.3, -0.25) is 0 Å². The molecule has 0 rings (SSSR count). The van der Waals surface area contributed by atoms with Gasteiger partial charge in [-0.05, 0) is 6.42 Å². The predicted octanol–water partition coefficient (Wildman–Crippen LogP) is -0.378. The van der Waals surface area contributed by atoms with Crippen LogP contribution in [0.1, 0.15) is 19.8 Å². The van der Waals surface area contributed by atoms with Crippen molar-refractivity contribution >= 4 is 10.0 Å². The quantitative estimate of drug-likeness (QED) is 0.547. The van der Waals surface area contributed by atoms with E-state index in [0.717, 1.165) is 6.42 Å². The van der Waals surface area contributed by atoms with Gasteiger partial charge in [-0.1, -0.05) is 13.3 Å². The molecule has 3 N–H and O–H groups in total. The summed E-state index contributed by atoms with van der Waals surface area (Å²) in [6.45, 7) is 1.93. The highest BCUT2D eigenvalue weighted by atomic mass is 32.2. The van der Waals surface area contributed by atoms with Crippen LogP contribution in [0.5, 0.6) is 0 Å². The lowest BCUT2D eigenvalue weighted by molar-refractivity contribution is 0.579. The van der Waals surface area contributed by atoms with Gasteiger partial charge in [0.2, 0.25) is 10.0 Å². The maximum Gasteiger partial charge on any atom is 0.212 e. The number of hydrogen-bond donors (Lipinski definition) is 2. The van der Waals surface area contributed by atoms with Crippen LogP contribution in [0.4, 0.5) is 0 Å². The van der Waals surface area contributed by atoms with Crippen molar-refractivity contribution in [1.29, 1.82) is 0 Å². The molecule has 0 aromatic carbocycles. The number of nitrogens with one attached hydrogen (secondary N) is 1. The van der Waals surface area contributed by atoms with Gasteiger partial charge in [-0.25, -0.2) is 13.1 Å². The SMILES string of the molecule is CCCCS(=O)(=O)NCN. The Hall–Kier alpha value is -0.130. The molecule has 0 aliphatic heterocycles. The van der Waals surface area contributed by atoms with Crippen molar-refractivity contribution < 1.29 is 8.42 Å². The van der Waals surface area contributed by atoms with Crippen LogP contribution in [0.25, 0.3) is 0 Å². The minimum Gasteiger partial charge on any atom is -0.318 e. The lowest BCUT2D eigenvalue weighted by Crippen LogP contribution is -2.31. The number of rotatable bonds is 5. The first-order valence-electron chi connectivity index (χ1n) is 3.30. The van der Waals surface area contributed by atoms with Crippen molar-refractivity contribution in [3.63, 3.8) is 0 Å². The summed E-state index contributed by atoms with van der Waals surface area (Å²) >= 11 is 0. The standard InChI is InChI=1S/C5H14N2O2S/c1-2-3-4-10(8,9)7-5-6/h7H,2-6H2,1H3. The first kappa shape index (κ1) is 9.87. The van der Waals surface area contributed by atoms with E-state index in [1.807, 2.05) is 6.92 Å². The average Bonchev–Trinajstić information content (AvgIpc) is 1.84. The molecule has 0 amide bonds. The van der Waals surface area contributed by atoms with E-state index in [4.69, 9.17) is 5.73 Å². The van der Waals surface area contributed by atoms with E-state index in [2.05, 4.69) is 4.72 Å². The van der Waals surface area contributed by atoms with Crippen LogP contribution in [-0.2, 0) is 10.0 Å². The smallest absolute Gasteiger partial charge is 0.212 e. The Bertz CT molecular complexity index is 164. The van der Waals surface area contributed by atoms with Crippen LogP contribution in [0, 0.1) is 0 Å². The van der Waals surface area contributed by atoms with Crippen LogP contribution in [0.3, 0.4) is 0 Å². The molecule has 0 radical (unpaired) electrons. The molecule has 0 aliphatic rings. The molecule has 0 aromatic heterocycles. The van der Waals surface area contributed by atoms with Crippen LogP contribution >= 0.6 is 0 Å². The fraction of sp³-hybridized carbons (Fsp3) is 1.00. The molecule has 0 saturated carbocycles. The van der Waals surface area contributed by atoms with Gasteiger partial charge in [-0.2, -0.15) is 0 Å². The number of unbranched alkanes of at least 4 members (excludes halogenated alkanes) is 1. The van der Waals surface area contributed by atoms with Crippen molar-refractivity contribution in [3.8, 4) is 0 Å². The molecular formula is C5H14N2O2S. The molecule has 0 heterocycles. The lowest BCUT2D eigenvalue weighted by Gasteiger charge is -2.01. The van der Waals surface area contributed by atoms with E-state index in [1.165, 1.54) is 0 Å². The summed E-state index contributed by atoms with van der Waals surface area (Å²) in [6.07, 6.45) is 1.57. The Balaban J connectivity index is 3.65. The number of sulfonamides is 1. The van der Waals surface area contributed by atoms with E-state index >= 15 is 0 Å². The summed E-state index contributed by atoms with van der Waals surface area (Å²) in [7, 11) is -3.07. The van der Waals surface area contributed by atoms with E-state index in [1.54, 1.807) is 0 Å². The Labute approximate surface area is 61.8 Å². The summed E-state index contributed by atoms with van der Waals surface area (Å²) in [6, 6.07) is 0. The number of nitrogens with two attached hydrogens (primary N) is 1. The maximum absolute atomic E-state index is 10.8. The number of hydrogen-bond acceptors (Lipinski definition) is 3. The van der Waals surface area contributed by atoms with Gasteiger partial charge in [0.15, 0.2) is 0 Å². The molecule has 62 valence electrons. The second-order valence-corrected chi connectivity index (χ2v) is 3.95. The first-order valence-corrected chi connectivity index (χ1v) is 4.95. The minimum atomic E-state index is -3.07. The Kier molecular flexibility index (Phi) is 4.59. The first-order chi connectivity index (χ1) is 4.62.